The summed E-state index contributed by atoms with van der Waals surface area (Å²) in [6.45, 7) is 3.83. The van der Waals surface area contributed by atoms with Crippen LogP contribution in [0.25, 0.3) is 0 Å². The first kappa shape index (κ1) is 13.6. The average Bonchev–Trinajstić information content (AvgIpc) is 2.76. The van der Waals surface area contributed by atoms with Gasteiger partial charge in [0.1, 0.15) is 0 Å². The van der Waals surface area contributed by atoms with Crippen LogP contribution in [0, 0.1) is 6.92 Å². The van der Waals surface area contributed by atoms with Gasteiger partial charge in [0.05, 0.1) is 0 Å². The summed E-state index contributed by atoms with van der Waals surface area (Å²) in [6, 6.07) is 9.91. The first-order valence-corrected chi connectivity index (χ1v) is 7.38. The molecule has 3 rings (SSSR count). The zero-order valence-electron chi connectivity index (χ0n) is 11.3. The molecule has 2 nitrogen and oxygen atoms in total. The van der Waals surface area contributed by atoms with Crippen molar-refractivity contribution < 1.29 is 0 Å². The Hall–Kier alpha value is -1.38. The minimum absolute atomic E-state index is 0.667. The van der Waals surface area contributed by atoms with Crippen molar-refractivity contribution in [1.82, 2.24) is 0 Å². The number of hydrogen-bond acceptors (Lipinski definition) is 2. The average molecular weight is 307 g/mol. The van der Waals surface area contributed by atoms with E-state index in [4.69, 9.17) is 28.9 Å². The molecular formula is C16H16Cl2N2. The molecule has 104 valence electrons. The van der Waals surface area contributed by atoms with Gasteiger partial charge in [-0.3, -0.25) is 0 Å². The van der Waals surface area contributed by atoms with Gasteiger partial charge in [0.15, 0.2) is 0 Å². The molecule has 2 aromatic rings. The second kappa shape index (κ2) is 5.19. The Bertz CT molecular complexity index is 668. The van der Waals surface area contributed by atoms with Crippen molar-refractivity contribution in [1.29, 1.82) is 0 Å². The highest BCUT2D eigenvalue weighted by molar-refractivity contribution is 6.35. The van der Waals surface area contributed by atoms with Crippen LogP contribution in [0.3, 0.4) is 0 Å². The summed E-state index contributed by atoms with van der Waals surface area (Å²) >= 11 is 12.2. The van der Waals surface area contributed by atoms with Crippen molar-refractivity contribution in [3.63, 3.8) is 0 Å². The topological polar surface area (TPSA) is 29.3 Å². The van der Waals surface area contributed by atoms with Crippen LogP contribution >= 0.6 is 23.2 Å². The van der Waals surface area contributed by atoms with Crippen LogP contribution in [-0.4, -0.2) is 6.54 Å². The van der Waals surface area contributed by atoms with Crippen molar-refractivity contribution >= 4 is 34.6 Å². The van der Waals surface area contributed by atoms with Crippen LogP contribution in [0.2, 0.25) is 10.0 Å². The molecule has 2 N–H and O–H groups in total. The lowest BCUT2D eigenvalue weighted by Gasteiger charge is -2.21. The van der Waals surface area contributed by atoms with Gasteiger partial charge in [0, 0.05) is 34.5 Å². The van der Waals surface area contributed by atoms with Crippen molar-refractivity contribution in [2.24, 2.45) is 0 Å². The fourth-order valence-electron chi connectivity index (χ4n) is 2.66. The van der Waals surface area contributed by atoms with Gasteiger partial charge in [-0.2, -0.15) is 0 Å². The number of nitrogens with two attached hydrogens (primary N) is 1. The standard InChI is InChI=1S/C16H16Cl2N2/c1-10-6-11-4-5-20(16(11)8-15(10)19)9-12-2-3-13(17)7-14(12)18/h2-3,6-8H,4-5,9,19H2,1H3. The molecule has 0 saturated heterocycles. The molecule has 0 radical (unpaired) electrons. The molecule has 1 heterocycles. The number of benzene rings is 2. The summed E-state index contributed by atoms with van der Waals surface area (Å²) < 4.78 is 0. The van der Waals surface area contributed by atoms with Crippen LogP contribution in [0.15, 0.2) is 30.3 Å². The SMILES string of the molecule is Cc1cc2c(cc1N)N(Cc1ccc(Cl)cc1Cl)CC2. The highest BCUT2D eigenvalue weighted by Crippen LogP contribution is 2.34. The molecule has 0 aliphatic carbocycles. The van der Waals surface area contributed by atoms with Crippen molar-refractivity contribution in [3.8, 4) is 0 Å². The molecule has 0 saturated carbocycles. The predicted octanol–water partition coefficient (Wildman–Crippen LogP) is 4.45. The Morgan fingerprint density at radius 3 is 2.75 bits per heavy atom. The van der Waals surface area contributed by atoms with Crippen molar-refractivity contribution in [2.45, 2.75) is 19.9 Å². The summed E-state index contributed by atoms with van der Waals surface area (Å²) in [7, 11) is 0. The highest BCUT2D eigenvalue weighted by Gasteiger charge is 2.20. The van der Waals surface area contributed by atoms with E-state index < -0.39 is 0 Å². The van der Waals surface area contributed by atoms with E-state index in [0.29, 0.717) is 10.0 Å². The van der Waals surface area contributed by atoms with Crippen LogP contribution in [0.5, 0.6) is 0 Å². The number of nitrogens with zero attached hydrogens (tertiary/aromatic N) is 1. The van der Waals surface area contributed by atoms with Gasteiger partial charge in [-0.05, 0) is 48.2 Å². The van der Waals surface area contributed by atoms with E-state index in [1.54, 1.807) is 6.07 Å². The van der Waals surface area contributed by atoms with E-state index in [1.807, 2.05) is 19.1 Å². The predicted molar refractivity (Wildman–Crippen MR) is 86.8 cm³/mol. The maximum atomic E-state index is 6.26. The van der Waals surface area contributed by atoms with Crippen molar-refractivity contribution in [3.05, 3.63) is 57.1 Å². The fourth-order valence-corrected chi connectivity index (χ4v) is 3.13. The van der Waals surface area contributed by atoms with E-state index in [9.17, 15) is 0 Å². The van der Waals surface area contributed by atoms with Gasteiger partial charge in [-0.25, -0.2) is 0 Å². The molecule has 0 bridgehead atoms. The zero-order valence-corrected chi connectivity index (χ0v) is 12.8. The maximum absolute atomic E-state index is 6.26. The lowest BCUT2D eigenvalue weighted by Crippen LogP contribution is -2.20. The molecular weight excluding hydrogens is 291 g/mol. The van der Waals surface area contributed by atoms with Crippen LogP contribution in [0.1, 0.15) is 16.7 Å². The van der Waals surface area contributed by atoms with Crippen molar-refractivity contribution in [2.75, 3.05) is 17.2 Å². The van der Waals surface area contributed by atoms with E-state index in [-0.39, 0.29) is 0 Å². The Kier molecular flexibility index (Phi) is 3.53. The van der Waals surface area contributed by atoms with E-state index in [0.717, 1.165) is 36.3 Å². The van der Waals surface area contributed by atoms with Gasteiger partial charge in [-0.1, -0.05) is 35.3 Å². The molecule has 0 spiro atoms. The Labute approximate surface area is 129 Å². The molecule has 1 aliphatic heterocycles. The monoisotopic (exact) mass is 306 g/mol. The Balaban J connectivity index is 1.90. The van der Waals surface area contributed by atoms with Crippen LogP contribution in [-0.2, 0) is 13.0 Å². The van der Waals surface area contributed by atoms with Crippen LogP contribution < -0.4 is 10.6 Å². The number of fused-ring (bicyclic) bond motifs is 1. The number of hydrogen-bond donors (Lipinski definition) is 1. The smallest absolute Gasteiger partial charge is 0.0470 e. The van der Waals surface area contributed by atoms with E-state index in [1.165, 1.54) is 11.3 Å². The molecule has 0 unspecified atom stereocenters. The van der Waals surface area contributed by atoms with Gasteiger partial charge >= 0.3 is 0 Å². The minimum Gasteiger partial charge on any atom is -0.398 e. The van der Waals surface area contributed by atoms with Gasteiger partial charge in [0.2, 0.25) is 0 Å². The molecule has 2 aromatic carbocycles. The van der Waals surface area contributed by atoms with E-state index in [2.05, 4.69) is 17.0 Å². The summed E-state index contributed by atoms with van der Waals surface area (Å²) in [5, 5.41) is 1.38. The lowest BCUT2D eigenvalue weighted by molar-refractivity contribution is 0.836. The number of aryl methyl sites for hydroxylation is 1. The first-order chi connectivity index (χ1) is 9.54. The molecule has 1 aliphatic rings. The first-order valence-electron chi connectivity index (χ1n) is 6.62. The maximum Gasteiger partial charge on any atom is 0.0470 e. The third kappa shape index (κ3) is 2.46. The normalized spacial score (nSPS) is 13.7. The number of anilines is 2. The number of halogens is 2. The quantitative estimate of drug-likeness (QED) is 0.831. The summed E-state index contributed by atoms with van der Waals surface area (Å²) in [6.07, 6.45) is 1.06. The molecule has 20 heavy (non-hydrogen) atoms. The number of rotatable bonds is 2. The third-order valence-electron chi connectivity index (χ3n) is 3.84. The molecule has 0 aromatic heterocycles. The molecule has 0 fully saturated rings. The van der Waals surface area contributed by atoms with E-state index >= 15 is 0 Å². The summed E-state index contributed by atoms with van der Waals surface area (Å²) in [5.74, 6) is 0. The zero-order chi connectivity index (χ0) is 14.3. The molecule has 0 amide bonds. The third-order valence-corrected chi connectivity index (χ3v) is 4.42. The fraction of sp³-hybridized carbons (Fsp3) is 0.250. The summed E-state index contributed by atoms with van der Waals surface area (Å²) in [4.78, 5) is 2.32. The minimum atomic E-state index is 0.667. The Morgan fingerprint density at radius 2 is 2.00 bits per heavy atom. The lowest BCUT2D eigenvalue weighted by atomic mass is 10.1. The van der Waals surface area contributed by atoms with Gasteiger partial charge in [-0.15, -0.1) is 0 Å². The largest absolute Gasteiger partial charge is 0.398 e. The second-order valence-electron chi connectivity index (χ2n) is 5.24. The molecule has 4 heteroatoms. The molecule has 0 atom stereocenters. The highest BCUT2D eigenvalue weighted by atomic mass is 35.5. The second-order valence-corrected chi connectivity index (χ2v) is 6.09. The summed E-state index contributed by atoms with van der Waals surface area (Å²) in [5.41, 5.74) is 11.7. The number of nitrogen functional groups attached to an aromatic ring is 1. The van der Waals surface area contributed by atoms with Gasteiger partial charge in [0.25, 0.3) is 0 Å². The Morgan fingerprint density at radius 1 is 1.20 bits per heavy atom. The van der Waals surface area contributed by atoms with Crippen LogP contribution in [0.4, 0.5) is 11.4 Å². The van der Waals surface area contributed by atoms with Gasteiger partial charge < -0.3 is 10.6 Å².